The van der Waals surface area contributed by atoms with Gasteiger partial charge >= 0.3 is 39.5 Å². The van der Waals surface area contributed by atoms with Crippen molar-refractivity contribution < 1.29 is 80.2 Å². The van der Waals surface area contributed by atoms with Gasteiger partial charge in [-0.1, -0.05) is 357 Å². The average Bonchev–Trinajstić information content (AvgIpc) is 0.950. The van der Waals surface area contributed by atoms with Crippen LogP contribution in [0.1, 0.15) is 409 Å². The summed E-state index contributed by atoms with van der Waals surface area (Å²) < 4.78 is 68.7. The van der Waals surface area contributed by atoms with Crippen LogP contribution in [-0.4, -0.2) is 96.7 Å². The molecule has 99 heavy (non-hydrogen) atoms. The molecule has 0 aliphatic rings. The standard InChI is InChI=1S/C80H156O17P2/c1-9-72(7)58-50-42-34-30-31-35-44-52-60-77(82)90-66-75(96-79(84)62-55-47-37-29-25-21-17-13-15-19-23-27-33-41-49-57-71(5)6)68-94-98(86,87)92-64-74(81)65-93-99(88,89)95-69-76(67-91-78(83)61-53-45-39-38-43-51-59-73(8)10-2)97-80(85)63-54-46-36-28-24-20-16-12-11-14-18-22-26-32-40-48-56-70(3)4/h70-76,81H,9-69H2,1-8H3,(H,86,87)(H,88,89)/t72?,73?,74-,75-,76-/m1/s1. The lowest BCUT2D eigenvalue weighted by Gasteiger charge is -2.21. The number of aliphatic hydroxyl groups is 1. The molecule has 0 aromatic rings. The number of esters is 4. The Kier molecular flexibility index (Phi) is 67.8. The van der Waals surface area contributed by atoms with Gasteiger partial charge in [0, 0.05) is 25.7 Å². The molecule has 0 aliphatic carbocycles. The number of aliphatic hydroxyl groups excluding tert-OH is 1. The van der Waals surface area contributed by atoms with E-state index < -0.39 is 97.5 Å². The Hall–Kier alpha value is -1.94. The molecule has 588 valence electrons. The molecule has 17 nitrogen and oxygen atoms in total. The SMILES string of the molecule is CCC(C)CCCCCCCCCCC(=O)OC[C@H](COP(=O)(O)OC[C@@H](O)COP(=O)(O)OC[C@@H](COC(=O)CCCCCCCCC(C)CC)OC(=O)CCCCCCCCCCCCCCCCCCC(C)C)OC(=O)CCCCCCCCCCCCCCCCCC(C)C. The lowest BCUT2D eigenvalue weighted by molar-refractivity contribution is -0.161. The van der Waals surface area contributed by atoms with Gasteiger partial charge in [-0.3, -0.25) is 37.3 Å². The summed E-state index contributed by atoms with van der Waals surface area (Å²) in [6.45, 7) is 14.3. The topological polar surface area (TPSA) is 237 Å². The molecule has 0 bridgehead atoms. The van der Waals surface area contributed by atoms with E-state index >= 15 is 0 Å². The maximum absolute atomic E-state index is 13.1. The van der Waals surface area contributed by atoms with E-state index in [4.69, 9.17) is 37.0 Å². The van der Waals surface area contributed by atoms with Crippen molar-refractivity contribution in [3.63, 3.8) is 0 Å². The number of hydrogen-bond donors (Lipinski definition) is 3. The fraction of sp³-hybridized carbons (Fsp3) is 0.950. The predicted octanol–water partition coefficient (Wildman–Crippen LogP) is 23.6. The summed E-state index contributed by atoms with van der Waals surface area (Å²) in [6, 6.07) is 0. The second kappa shape index (κ2) is 69.1. The van der Waals surface area contributed by atoms with Crippen LogP contribution in [-0.2, 0) is 65.4 Å². The van der Waals surface area contributed by atoms with Crippen molar-refractivity contribution in [3.05, 3.63) is 0 Å². The zero-order valence-corrected chi connectivity index (χ0v) is 66.9. The van der Waals surface area contributed by atoms with Crippen molar-refractivity contribution in [1.29, 1.82) is 0 Å². The van der Waals surface area contributed by atoms with Gasteiger partial charge < -0.3 is 33.8 Å². The molecule has 19 heteroatoms. The van der Waals surface area contributed by atoms with Crippen LogP contribution >= 0.6 is 15.6 Å². The number of phosphoric acid groups is 2. The molecule has 0 fully saturated rings. The van der Waals surface area contributed by atoms with Crippen LogP contribution in [0.2, 0.25) is 0 Å². The van der Waals surface area contributed by atoms with E-state index in [1.165, 1.54) is 205 Å². The van der Waals surface area contributed by atoms with Crippen molar-refractivity contribution in [2.45, 2.75) is 427 Å². The number of carbonyl (C=O) groups is 4. The zero-order valence-electron chi connectivity index (χ0n) is 65.1. The normalized spacial score (nSPS) is 14.6. The Morgan fingerprint density at radius 1 is 0.283 bits per heavy atom. The molecule has 0 radical (unpaired) electrons. The maximum Gasteiger partial charge on any atom is 0.472 e. The molecule has 0 heterocycles. The average molecular weight is 1450 g/mol. The van der Waals surface area contributed by atoms with Gasteiger partial charge in [-0.25, -0.2) is 9.13 Å². The lowest BCUT2D eigenvalue weighted by Crippen LogP contribution is -2.30. The molecule has 4 unspecified atom stereocenters. The lowest BCUT2D eigenvalue weighted by atomic mass is 9.99. The number of rotatable bonds is 77. The first-order chi connectivity index (χ1) is 47.7. The quantitative estimate of drug-likeness (QED) is 0.0222. The minimum absolute atomic E-state index is 0.107. The first-order valence-electron chi connectivity index (χ1n) is 41.3. The van der Waals surface area contributed by atoms with Gasteiger partial charge in [0.05, 0.1) is 26.4 Å². The monoisotopic (exact) mass is 1450 g/mol. The number of unbranched alkanes of at least 4 members (excludes halogenated alkanes) is 41. The van der Waals surface area contributed by atoms with Gasteiger partial charge in [0.1, 0.15) is 19.3 Å². The van der Waals surface area contributed by atoms with E-state index in [0.717, 1.165) is 120 Å². The van der Waals surface area contributed by atoms with Crippen LogP contribution < -0.4 is 0 Å². The minimum Gasteiger partial charge on any atom is -0.462 e. The summed E-state index contributed by atoms with van der Waals surface area (Å²) in [5.41, 5.74) is 0. The first kappa shape index (κ1) is 97.1. The summed E-state index contributed by atoms with van der Waals surface area (Å²) in [7, 11) is -9.92. The smallest absolute Gasteiger partial charge is 0.462 e. The molecule has 7 atom stereocenters. The van der Waals surface area contributed by atoms with E-state index in [-0.39, 0.29) is 25.7 Å². The third kappa shape index (κ3) is 71.5. The molecule has 0 rings (SSSR count). The van der Waals surface area contributed by atoms with E-state index in [1.807, 2.05) is 0 Å². The summed E-state index contributed by atoms with van der Waals surface area (Å²) >= 11 is 0. The molecule has 0 aliphatic heterocycles. The molecule has 0 saturated carbocycles. The van der Waals surface area contributed by atoms with Crippen LogP contribution in [0.3, 0.4) is 0 Å². The zero-order chi connectivity index (χ0) is 73.1. The molecule has 3 N–H and O–H groups in total. The van der Waals surface area contributed by atoms with E-state index in [9.17, 15) is 43.2 Å². The second-order valence-electron chi connectivity index (χ2n) is 30.2. The van der Waals surface area contributed by atoms with E-state index in [0.29, 0.717) is 25.7 Å². The molecule has 0 amide bonds. The maximum atomic E-state index is 13.1. The highest BCUT2D eigenvalue weighted by molar-refractivity contribution is 7.47. The first-order valence-corrected chi connectivity index (χ1v) is 44.3. The van der Waals surface area contributed by atoms with Crippen molar-refractivity contribution in [2.24, 2.45) is 23.7 Å². The fourth-order valence-corrected chi connectivity index (χ4v) is 13.8. The third-order valence-corrected chi connectivity index (χ3v) is 21.2. The Balaban J connectivity index is 5.22. The predicted molar refractivity (Wildman–Crippen MR) is 404 cm³/mol. The van der Waals surface area contributed by atoms with Gasteiger partial charge in [-0.05, 0) is 49.4 Å². The van der Waals surface area contributed by atoms with Gasteiger partial charge in [-0.2, -0.15) is 0 Å². The van der Waals surface area contributed by atoms with Gasteiger partial charge in [0.25, 0.3) is 0 Å². The molecular weight excluding hydrogens is 1290 g/mol. The van der Waals surface area contributed by atoms with Gasteiger partial charge in [0.2, 0.25) is 0 Å². The Morgan fingerprint density at radius 2 is 0.485 bits per heavy atom. The Morgan fingerprint density at radius 3 is 0.717 bits per heavy atom. The van der Waals surface area contributed by atoms with Crippen LogP contribution in [0.15, 0.2) is 0 Å². The van der Waals surface area contributed by atoms with Crippen molar-refractivity contribution in [3.8, 4) is 0 Å². The van der Waals surface area contributed by atoms with Crippen molar-refractivity contribution >= 4 is 39.5 Å². The number of hydrogen-bond acceptors (Lipinski definition) is 15. The molecule has 0 aromatic heterocycles. The molecule has 0 aromatic carbocycles. The fourth-order valence-electron chi connectivity index (χ4n) is 12.2. The Bertz CT molecular complexity index is 1940. The number of phosphoric ester groups is 2. The summed E-state index contributed by atoms with van der Waals surface area (Å²) in [5.74, 6) is 1.00. The highest BCUT2D eigenvalue weighted by Gasteiger charge is 2.30. The van der Waals surface area contributed by atoms with Crippen LogP contribution in [0.5, 0.6) is 0 Å². The highest BCUT2D eigenvalue weighted by atomic mass is 31.2. The van der Waals surface area contributed by atoms with Gasteiger partial charge in [0.15, 0.2) is 12.2 Å². The number of carbonyl (C=O) groups excluding carboxylic acids is 4. The molecule has 0 saturated heterocycles. The highest BCUT2D eigenvalue weighted by Crippen LogP contribution is 2.45. The molecule has 0 spiro atoms. The van der Waals surface area contributed by atoms with Gasteiger partial charge in [-0.15, -0.1) is 0 Å². The second-order valence-corrected chi connectivity index (χ2v) is 33.1. The van der Waals surface area contributed by atoms with E-state index in [2.05, 4.69) is 55.4 Å². The number of ether oxygens (including phenoxy) is 4. The van der Waals surface area contributed by atoms with Crippen LogP contribution in [0.4, 0.5) is 0 Å². The minimum atomic E-state index is -4.96. The largest absolute Gasteiger partial charge is 0.472 e. The Labute approximate surface area is 607 Å². The van der Waals surface area contributed by atoms with E-state index in [1.54, 1.807) is 0 Å². The third-order valence-electron chi connectivity index (χ3n) is 19.3. The summed E-state index contributed by atoms with van der Waals surface area (Å²) in [5, 5.41) is 10.6. The molecular formula is C80H156O17P2. The van der Waals surface area contributed by atoms with Crippen LogP contribution in [0.25, 0.3) is 0 Å². The summed E-state index contributed by atoms with van der Waals surface area (Å²) in [4.78, 5) is 73.0. The summed E-state index contributed by atoms with van der Waals surface area (Å²) in [6.07, 6.45) is 55.5. The van der Waals surface area contributed by atoms with Crippen LogP contribution in [0, 0.1) is 23.7 Å². The van der Waals surface area contributed by atoms with Crippen molar-refractivity contribution in [1.82, 2.24) is 0 Å². The van der Waals surface area contributed by atoms with Crippen molar-refractivity contribution in [2.75, 3.05) is 39.6 Å².